The zero-order valence-corrected chi connectivity index (χ0v) is 20.4. The number of nitriles is 1. The second-order valence-corrected chi connectivity index (χ2v) is 8.28. The Balaban J connectivity index is 1.78. The molecule has 3 rings (SSSR count). The van der Waals surface area contributed by atoms with E-state index < -0.39 is 11.7 Å². The number of halogens is 1. The third-order valence-corrected chi connectivity index (χ3v) is 5.48. The van der Waals surface area contributed by atoms with Crippen LogP contribution in [0.25, 0.3) is 0 Å². The molecule has 3 aromatic carbocycles. The number of thiocarbonyl (C=S) groups is 1. The van der Waals surface area contributed by atoms with Crippen LogP contribution in [0, 0.1) is 17.1 Å². The van der Waals surface area contributed by atoms with Gasteiger partial charge in [0.2, 0.25) is 0 Å². The van der Waals surface area contributed by atoms with E-state index in [4.69, 9.17) is 22.2 Å². The van der Waals surface area contributed by atoms with Crippen molar-refractivity contribution in [2.75, 3.05) is 17.2 Å². The highest BCUT2D eigenvalue weighted by Gasteiger charge is 2.17. The fourth-order valence-electron chi connectivity index (χ4n) is 3.33. The van der Waals surface area contributed by atoms with Crippen LogP contribution in [0.5, 0.6) is 5.75 Å². The molecular formula is C27H27FN4O2S. The maximum Gasteiger partial charge on any atom is 0.258 e. The molecule has 0 spiro atoms. The predicted octanol–water partition coefficient (Wildman–Crippen LogP) is 6.18. The van der Waals surface area contributed by atoms with Crippen molar-refractivity contribution in [2.45, 2.75) is 32.7 Å². The molecule has 0 aromatic heterocycles. The highest BCUT2D eigenvalue weighted by Crippen LogP contribution is 2.34. The van der Waals surface area contributed by atoms with Crippen molar-refractivity contribution in [1.82, 2.24) is 5.32 Å². The van der Waals surface area contributed by atoms with E-state index in [9.17, 15) is 9.18 Å². The largest absolute Gasteiger partial charge is 0.489 e. The molecule has 0 aliphatic carbocycles. The molecule has 0 aliphatic rings. The van der Waals surface area contributed by atoms with Crippen LogP contribution in [0.4, 0.5) is 15.8 Å². The summed E-state index contributed by atoms with van der Waals surface area (Å²) in [6, 6.07) is 20.3. The second-order valence-electron chi connectivity index (χ2n) is 7.87. The van der Waals surface area contributed by atoms with Gasteiger partial charge in [-0.3, -0.25) is 4.79 Å². The molecule has 6 nitrogen and oxygen atoms in total. The number of para-hydroxylation sites is 1. The van der Waals surface area contributed by atoms with Crippen molar-refractivity contribution < 1.29 is 13.9 Å². The Kier molecular flexibility index (Phi) is 9.16. The Hall–Kier alpha value is -3.96. The van der Waals surface area contributed by atoms with E-state index in [2.05, 4.69) is 28.9 Å². The molecule has 0 saturated heterocycles. The molecule has 3 N–H and O–H groups in total. The Bertz CT molecular complexity index is 1220. The normalized spacial score (nSPS) is 11.1. The molecule has 0 saturated carbocycles. The Morgan fingerprint density at radius 3 is 2.40 bits per heavy atom. The average Bonchev–Trinajstić information content (AvgIpc) is 2.85. The summed E-state index contributed by atoms with van der Waals surface area (Å²) in [5.41, 5.74) is 2.47. The Labute approximate surface area is 210 Å². The van der Waals surface area contributed by atoms with Gasteiger partial charge in [-0.1, -0.05) is 43.7 Å². The summed E-state index contributed by atoms with van der Waals surface area (Å²) in [4.78, 5) is 12.7. The number of hydrogen-bond acceptors (Lipinski definition) is 4. The smallest absolute Gasteiger partial charge is 0.258 e. The maximum absolute atomic E-state index is 14.1. The zero-order chi connectivity index (χ0) is 25.2. The summed E-state index contributed by atoms with van der Waals surface area (Å²) < 4.78 is 20.1. The minimum atomic E-state index is -0.602. The molecule has 1 amide bonds. The number of hydrogen-bond donors (Lipinski definition) is 3. The summed E-state index contributed by atoms with van der Waals surface area (Å²) >= 11 is 5.51. The fraction of sp³-hybridized carbons (Fsp3) is 0.222. The van der Waals surface area contributed by atoms with E-state index >= 15 is 0 Å². The topological polar surface area (TPSA) is 86.2 Å². The molecule has 0 fully saturated rings. The predicted molar refractivity (Wildman–Crippen MR) is 140 cm³/mol. The number of nitrogens with one attached hydrogen (secondary N) is 3. The lowest BCUT2D eigenvalue weighted by atomic mass is 10.1. The molecule has 1 atom stereocenters. The van der Waals surface area contributed by atoms with Gasteiger partial charge in [0.05, 0.1) is 41.2 Å². The van der Waals surface area contributed by atoms with E-state index in [-0.39, 0.29) is 11.6 Å². The van der Waals surface area contributed by atoms with Crippen LogP contribution in [-0.2, 0) is 0 Å². The molecular weight excluding hydrogens is 463 g/mol. The van der Waals surface area contributed by atoms with Crippen LogP contribution in [0.15, 0.2) is 66.7 Å². The van der Waals surface area contributed by atoms with Crippen molar-refractivity contribution in [3.05, 3.63) is 89.2 Å². The number of anilines is 2. The number of benzene rings is 3. The molecule has 180 valence electrons. The van der Waals surface area contributed by atoms with Crippen LogP contribution in [0.3, 0.4) is 0 Å². The highest BCUT2D eigenvalue weighted by atomic mass is 32.1. The summed E-state index contributed by atoms with van der Waals surface area (Å²) in [7, 11) is 0. The standard InChI is InChI=1S/C27H27FN4O2S/c1-3-4-16-34-25-23(31-26(33)21-8-5-6-9-22(21)28)10-7-11-24(25)32-27(35)30-18(2)20-14-12-19(17-29)13-15-20/h5-15,18H,3-4,16H2,1-2H3,(H,31,33)(H2,30,32,35). The van der Waals surface area contributed by atoms with Crippen LogP contribution >= 0.6 is 12.2 Å². The lowest BCUT2D eigenvalue weighted by Gasteiger charge is -2.21. The molecule has 0 bridgehead atoms. The SMILES string of the molecule is CCCCOc1c(NC(=O)c2ccccc2F)cccc1NC(=S)NC(C)c1ccc(C#N)cc1. The van der Waals surface area contributed by atoms with Crippen LogP contribution < -0.4 is 20.7 Å². The van der Waals surface area contributed by atoms with Gasteiger partial charge in [0.1, 0.15) is 5.82 Å². The van der Waals surface area contributed by atoms with Gasteiger partial charge in [-0.25, -0.2) is 4.39 Å². The number of nitrogens with zero attached hydrogens (tertiary/aromatic N) is 1. The first-order valence-corrected chi connectivity index (χ1v) is 11.7. The third kappa shape index (κ3) is 7.01. The monoisotopic (exact) mass is 490 g/mol. The Morgan fingerprint density at radius 2 is 1.74 bits per heavy atom. The number of amides is 1. The molecule has 0 aliphatic heterocycles. The molecule has 1 unspecified atom stereocenters. The average molecular weight is 491 g/mol. The molecule has 3 aromatic rings. The minimum absolute atomic E-state index is 0.0567. The van der Waals surface area contributed by atoms with E-state index in [1.807, 2.05) is 19.1 Å². The first-order chi connectivity index (χ1) is 16.9. The number of carbonyl (C=O) groups is 1. The molecule has 8 heteroatoms. The van der Waals surface area contributed by atoms with E-state index in [0.29, 0.717) is 34.4 Å². The maximum atomic E-state index is 14.1. The van der Waals surface area contributed by atoms with Crippen molar-refractivity contribution in [2.24, 2.45) is 0 Å². The first-order valence-electron chi connectivity index (χ1n) is 11.3. The number of ether oxygens (including phenoxy) is 1. The van der Waals surface area contributed by atoms with Gasteiger partial charge in [0.15, 0.2) is 10.9 Å². The van der Waals surface area contributed by atoms with Gasteiger partial charge in [0.25, 0.3) is 5.91 Å². The van der Waals surface area contributed by atoms with Gasteiger partial charge in [-0.05, 0) is 67.5 Å². The van der Waals surface area contributed by atoms with Crippen LogP contribution in [0.1, 0.15) is 54.2 Å². The van der Waals surface area contributed by atoms with E-state index in [0.717, 1.165) is 18.4 Å². The number of unbranched alkanes of at least 4 members (excludes halogenated alkanes) is 1. The fourth-order valence-corrected chi connectivity index (χ4v) is 3.61. The molecule has 0 heterocycles. The van der Waals surface area contributed by atoms with Crippen molar-refractivity contribution in [3.8, 4) is 11.8 Å². The van der Waals surface area contributed by atoms with Crippen molar-refractivity contribution >= 4 is 34.6 Å². The van der Waals surface area contributed by atoms with E-state index in [1.165, 1.54) is 18.2 Å². The zero-order valence-electron chi connectivity index (χ0n) is 19.6. The molecule has 35 heavy (non-hydrogen) atoms. The van der Waals surface area contributed by atoms with Crippen LogP contribution in [-0.4, -0.2) is 17.6 Å². The summed E-state index contributed by atoms with van der Waals surface area (Å²) in [5, 5.41) is 18.5. The lowest BCUT2D eigenvalue weighted by Crippen LogP contribution is -2.31. The van der Waals surface area contributed by atoms with E-state index in [1.54, 1.807) is 36.4 Å². The summed E-state index contributed by atoms with van der Waals surface area (Å²) in [6.45, 7) is 4.45. The number of carbonyl (C=O) groups excluding carboxylic acids is 1. The van der Waals surface area contributed by atoms with Gasteiger partial charge in [-0.2, -0.15) is 5.26 Å². The Morgan fingerprint density at radius 1 is 1.06 bits per heavy atom. The van der Waals surface area contributed by atoms with Gasteiger partial charge < -0.3 is 20.7 Å². The quantitative estimate of drug-likeness (QED) is 0.245. The van der Waals surface area contributed by atoms with Crippen LogP contribution in [0.2, 0.25) is 0 Å². The first kappa shape index (κ1) is 25.7. The second kappa shape index (κ2) is 12.5. The molecule has 0 radical (unpaired) electrons. The number of rotatable bonds is 9. The summed E-state index contributed by atoms with van der Waals surface area (Å²) in [6.07, 6.45) is 1.77. The summed E-state index contributed by atoms with van der Waals surface area (Å²) in [5.74, 6) is -0.758. The van der Waals surface area contributed by atoms with Crippen molar-refractivity contribution in [3.63, 3.8) is 0 Å². The van der Waals surface area contributed by atoms with Gasteiger partial charge >= 0.3 is 0 Å². The van der Waals surface area contributed by atoms with Gasteiger partial charge in [0, 0.05) is 0 Å². The van der Waals surface area contributed by atoms with Crippen molar-refractivity contribution in [1.29, 1.82) is 5.26 Å². The third-order valence-electron chi connectivity index (χ3n) is 5.26. The lowest BCUT2D eigenvalue weighted by molar-refractivity contribution is 0.102. The minimum Gasteiger partial charge on any atom is -0.489 e. The highest BCUT2D eigenvalue weighted by molar-refractivity contribution is 7.80. The van der Waals surface area contributed by atoms with Gasteiger partial charge in [-0.15, -0.1) is 0 Å².